The molecule has 0 aliphatic carbocycles. The van der Waals surface area contributed by atoms with Gasteiger partial charge in [0.2, 0.25) is 0 Å². The Balaban J connectivity index is 2.28. The van der Waals surface area contributed by atoms with E-state index in [9.17, 15) is 0 Å². The summed E-state index contributed by atoms with van der Waals surface area (Å²) in [6.07, 6.45) is 2.29. The van der Waals surface area contributed by atoms with Crippen molar-refractivity contribution in [3.05, 3.63) is 27.7 Å². The number of halogens is 2. The molecule has 2 rings (SSSR count). The summed E-state index contributed by atoms with van der Waals surface area (Å²) in [4.78, 5) is 2.43. The third kappa shape index (κ3) is 3.01. The minimum Gasteiger partial charge on any atom is -0.369 e. The van der Waals surface area contributed by atoms with Crippen LogP contribution in [-0.2, 0) is 0 Å². The Morgan fingerprint density at radius 1 is 1.50 bits per heavy atom. The molecule has 1 aromatic rings. The molecule has 0 saturated carbocycles. The Morgan fingerprint density at radius 2 is 2.28 bits per heavy atom. The summed E-state index contributed by atoms with van der Waals surface area (Å²) in [5.74, 6) is 0. The van der Waals surface area contributed by atoms with Gasteiger partial charge in [-0.2, -0.15) is 0 Å². The second-order valence-corrected chi connectivity index (χ2v) is 6.39. The summed E-state index contributed by atoms with van der Waals surface area (Å²) in [5, 5.41) is 4.43. The Morgan fingerprint density at radius 3 is 3.00 bits per heavy atom. The van der Waals surface area contributed by atoms with Crippen molar-refractivity contribution in [2.24, 2.45) is 0 Å². The van der Waals surface area contributed by atoms with Crippen LogP contribution in [0.2, 0.25) is 5.02 Å². The van der Waals surface area contributed by atoms with E-state index in [1.807, 2.05) is 12.1 Å². The molecule has 0 spiro atoms. The largest absolute Gasteiger partial charge is 0.369 e. The molecular weight excluding hydrogens is 312 g/mol. The first-order valence-electron chi connectivity index (χ1n) is 6.50. The molecule has 1 saturated heterocycles. The maximum absolute atomic E-state index is 6.19. The summed E-state index contributed by atoms with van der Waals surface area (Å²) >= 11 is 9.80. The molecule has 1 unspecified atom stereocenters. The SMILES string of the molecule is CCC1(C)CN(c2cccc(Cl)c2Br)CCCN1. The molecule has 1 atom stereocenters. The first-order chi connectivity index (χ1) is 8.56. The quantitative estimate of drug-likeness (QED) is 0.879. The number of hydrogen-bond donors (Lipinski definition) is 1. The maximum Gasteiger partial charge on any atom is 0.0595 e. The number of hydrogen-bond acceptors (Lipinski definition) is 2. The number of nitrogens with zero attached hydrogens (tertiary/aromatic N) is 1. The van der Waals surface area contributed by atoms with Gasteiger partial charge in [-0.25, -0.2) is 0 Å². The molecule has 18 heavy (non-hydrogen) atoms. The van der Waals surface area contributed by atoms with Gasteiger partial charge in [-0.1, -0.05) is 24.6 Å². The van der Waals surface area contributed by atoms with Crippen molar-refractivity contribution in [1.29, 1.82) is 0 Å². The Bertz CT molecular complexity index is 424. The molecular formula is C14H20BrClN2. The Kier molecular flexibility index (Phi) is 4.57. The first-order valence-corrected chi connectivity index (χ1v) is 7.67. The van der Waals surface area contributed by atoms with E-state index >= 15 is 0 Å². The average molecular weight is 332 g/mol. The zero-order valence-corrected chi connectivity index (χ0v) is 13.3. The van der Waals surface area contributed by atoms with Gasteiger partial charge in [-0.3, -0.25) is 0 Å². The molecule has 2 nitrogen and oxygen atoms in total. The van der Waals surface area contributed by atoms with Gasteiger partial charge in [0.15, 0.2) is 0 Å². The van der Waals surface area contributed by atoms with Gasteiger partial charge in [0, 0.05) is 18.6 Å². The van der Waals surface area contributed by atoms with Gasteiger partial charge in [0.25, 0.3) is 0 Å². The third-order valence-corrected chi connectivity index (χ3v) is 5.13. The molecule has 1 heterocycles. The third-order valence-electron chi connectivity index (χ3n) is 3.75. The van der Waals surface area contributed by atoms with Crippen LogP contribution in [0.5, 0.6) is 0 Å². The van der Waals surface area contributed by atoms with Crippen LogP contribution in [0.15, 0.2) is 22.7 Å². The van der Waals surface area contributed by atoms with Crippen molar-refractivity contribution in [3.63, 3.8) is 0 Å². The number of rotatable bonds is 2. The molecule has 0 aromatic heterocycles. The van der Waals surface area contributed by atoms with E-state index < -0.39 is 0 Å². The van der Waals surface area contributed by atoms with Crippen LogP contribution in [0.4, 0.5) is 5.69 Å². The second-order valence-electron chi connectivity index (χ2n) is 5.19. The summed E-state index contributed by atoms with van der Waals surface area (Å²) < 4.78 is 1.01. The fourth-order valence-electron chi connectivity index (χ4n) is 2.40. The summed E-state index contributed by atoms with van der Waals surface area (Å²) in [6, 6.07) is 6.08. The van der Waals surface area contributed by atoms with Crippen molar-refractivity contribution in [2.45, 2.75) is 32.2 Å². The van der Waals surface area contributed by atoms with Gasteiger partial charge >= 0.3 is 0 Å². The summed E-state index contributed by atoms with van der Waals surface area (Å²) in [5.41, 5.74) is 1.38. The Hall–Kier alpha value is -0.250. The first kappa shape index (κ1) is 14.2. The van der Waals surface area contributed by atoms with Crippen LogP contribution >= 0.6 is 27.5 Å². The molecule has 1 aliphatic heterocycles. The highest BCUT2D eigenvalue weighted by Crippen LogP contribution is 2.34. The minimum atomic E-state index is 0.179. The van der Waals surface area contributed by atoms with Crippen LogP contribution in [0, 0.1) is 0 Å². The van der Waals surface area contributed by atoms with Crippen molar-refractivity contribution >= 4 is 33.2 Å². The van der Waals surface area contributed by atoms with Crippen LogP contribution in [0.25, 0.3) is 0 Å². The lowest BCUT2D eigenvalue weighted by atomic mass is 9.98. The lowest BCUT2D eigenvalue weighted by Gasteiger charge is -2.34. The van der Waals surface area contributed by atoms with Gasteiger partial charge in [0.05, 0.1) is 15.2 Å². The lowest BCUT2D eigenvalue weighted by molar-refractivity contribution is 0.366. The standard InChI is InChI=1S/C14H20BrClN2/c1-3-14(2)10-18(9-5-8-17-14)12-7-4-6-11(16)13(12)15/h4,6-7,17H,3,5,8-10H2,1-2H3. The van der Waals surface area contributed by atoms with E-state index in [-0.39, 0.29) is 5.54 Å². The molecule has 1 aliphatic rings. The topological polar surface area (TPSA) is 15.3 Å². The number of anilines is 1. The van der Waals surface area contributed by atoms with Gasteiger partial charge in [0.1, 0.15) is 0 Å². The van der Waals surface area contributed by atoms with Crippen LogP contribution in [-0.4, -0.2) is 25.2 Å². The van der Waals surface area contributed by atoms with E-state index in [0.29, 0.717) is 0 Å². The molecule has 1 N–H and O–H groups in total. The van der Waals surface area contributed by atoms with Crippen molar-refractivity contribution in [3.8, 4) is 0 Å². The smallest absolute Gasteiger partial charge is 0.0595 e. The van der Waals surface area contributed by atoms with Gasteiger partial charge in [-0.05, 0) is 54.4 Å². The highest BCUT2D eigenvalue weighted by Gasteiger charge is 2.28. The monoisotopic (exact) mass is 330 g/mol. The fourth-order valence-corrected chi connectivity index (χ4v) is 3.08. The van der Waals surface area contributed by atoms with E-state index in [4.69, 9.17) is 11.6 Å². The molecule has 1 fully saturated rings. The maximum atomic E-state index is 6.19. The predicted octanol–water partition coefficient (Wildman–Crippen LogP) is 4.07. The minimum absolute atomic E-state index is 0.179. The normalized spacial score (nSPS) is 25.0. The van der Waals surface area contributed by atoms with Crippen LogP contribution < -0.4 is 10.2 Å². The van der Waals surface area contributed by atoms with E-state index in [1.165, 1.54) is 5.69 Å². The molecule has 4 heteroatoms. The molecule has 0 radical (unpaired) electrons. The highest BCUT2D eigenvalue weighted by molar-refractivity contribution is 9.10. The van der Waals surface area contributed by atoms with E-state index in [2.05, 4.69) is 46.1 Å². The lowest BCUT2D eigenvalue weighted by Crippen LogP contribution is -2.48. The molecule has 1 aromatic carbocycles. The molecule has 100 valence electrons. The van der Waals surface area contributed by atoms with Gasteiger partial charge < -0.3 is 10.2 Å². The van der Waals surface area contributed by atoms with Gasteiger partial charge in [-0.15, -0.1) is 0 Å². The summed E-state index contributed by atoms with van der Waals surface area (Å²) in [7, 11) is 0. The van der Waals surface area contributed by atoms with E-state index in [0.717, 1.165) is 42.0 Å². The zero-order chi connectivity index (χ0) is 13.2. The molecule has 0 bridgehead atoms. The summed E-state index contributed by atoms with van der Waals surface area (Å²) in [6.45, 7) is 7.70. The second kappa shape index (κ2) is 5.81. The van der Waals surface area contributed by atoms with Crippen molar-refractivity contribution < 1.29 is 0 Å². The van der Waals surface area contributed by atoms with Crippen molar-refractivity contribution in [2.75, 3.05) is 24.5 Å². The highest BCUT2D eigenvalue weighted by atomic mass is 79.9. The van der Waals surface area contributed by atoms with Crippen molar-refractivity contribution in [1.82, 2.24) is 5.32 Å². The number of nitrogens with one attached hydrogen (secondary N) is 1. The predicted molar refractivity (Wildman–Crippen MR) is 82.7 cm³/mol. The number of benzene rings is 1. The molecule has 0 amide bonds. The zero-order valence-electron chi connectivity index (χ0n) is 11.0. The average Bonchev–Trinajstić information content (AvgIpc) is 2.56. The Labute approximate surface area is 123 Å². The fraction of sp³-hybridized carbons (Fsp3) is 0.571. The van der Waals surface area contributed by atoms with Crippen LogP contribution in [0.3, 0.4) is 0 Å². The van der Waals surface area contributed by atoms with E-state index in [1.54, 1.807) is 0 Å². The van der Waals surface area contributed by atoms with Crippen LogP contribution in [0.1, 0.15) is 26.7 Å².